The average molecular weight is 609 g/mol. The zero-order valence-corrected chi connectivity index (χ0v) is 25.7. The van der Waals surface area contributed by atoms with Crippen LogP contribution in [0.2, 0.25) is 0 Å². The number of nitrogens with one attached hydrogen (secondary N) is 2. The van der Waals surface area contributed by atoms with E-state index in [4.69, 9.17) is 0 Å². The number of para-hydroxylation sites is 1. The molecule has 0 aliphatic carbocycles. The van der Waals surface area contributed by atoms with E-state index < -0.39 is 0 Å². The Balaban J connectivity index is 1.23. The molecule has 0 radical (unpaired) electrons. The molecule has 0 unspecified atom stereocenters. The monoisotopic (exact) mass is 608 g/mol. The van der Waals surface area contributed by atoms with E-state index in [2.05, 4.69) is 128 Å². The normalized spacial score (nSPS) is 11.8. The van der Waals surface area contributed by atoms with Crippen molar-refractivity contribution in [2.24, 2.45) is 9.98 Å². The first-order valence-electron chi connectivity index (χ1n) is 15.3. The lowest BCUT2D eigenvalue weighted by Gasteiger charge is -2.26. The van der Waals surface area contributed by atoms with Crippen molar-refractivity contribution in [2.45, 2.75) is 0 Å². The van der Waals surface area contributed by atoms with Crippen molar-refractivity contribution in [3.8, 4) is 11.1 Å². The molecule has 0 bridgehead atoms. The van der Waals surface area contributed by atoms with Gasteiger partial charge in [0.05, 0.1) is 16.9 Å². The van der Waals surface area contributed by atoms with E-state index in [-0.39, 0.29) is 0 Å². The minimum absolute atomic E-state index is 0.682. The second kappa shape index (κ2) is 13.2. The van der Waals surface area contributed by atoms with Crippen molar-refractivity contribution < 1.29 is 0 Å². The summed E-state index contributed by atoms with van der Waals surface area (Å²) in [6.45, 7) is 8.40. The fraction of sp³-hybridized carbons (Fsp3) is 0. The topological polar surface area (TPSA) is 72.4 Å². The number of aromatic nitrogens is 3. The van der Waals surface area contributed by atoms with Crippen LogP contribution >= 0.6 is 0 Å². The Morgan fingerprint density at radius 3 is 1.53 bits per heavy atom. The number of hydrogen-bond donors (Lipinski definition) is 2. The highest BCUT2D eigenvalue weighted by atomic mass is 15.1. The Hall–Kier alpha value is -6.53. The van der Waals surface area contributed by atoms with Crippen LogP contribution in [0.15, 0.2) is 181 Å². The first-order chi connectivity index (χ1) is 23.1. The fourth-order valence-corrected chi connectivity index (χ4v) is 5.41. The van der Waals surface area contributed by atoms with Gasteiger partial charge < -0.3 is 14.9 Å². The molecule has 0 spiro atoms. The molecule has 3 aromatic heterocycles. The summed E-state index contributed by atoms with van der Waals surface area (Å²) in [4.78, 5) is 22.5. The summed E-state index contributed by atoms with van der Waals surface area (Å²) < 4.78 is 0. The average Bonchev–Trinajstić information content (AvgIpc) is 3.13. The number of benzene rings is 4. The number of aromatic amines is 2. The molecule has 0 saturated heterocycles. The third-order valence-electron chi connectivity index (χ3n) is 7.86. The zero-order valence-electron chi connectivity index (χ0n) is 25.7. The molecule has 226 valence electrons. The zero-order chi connectivity index (χ0) is 32.0. The van der Waals surface area contributed by atoms with E-state index in [1.165, 1.54) is 0 Å². The van der Waals surface area contributed by atoms with Crippen LogP contribution in [-0.2, 0) is 0 Å². The highest BCUT2D eigenvalue weighted by molar-refractivity contribution is 5.85. The van der Waals surface area contributed by atoms with Gasteiger partial charge in [-0.3, -0.25) is 4.98 Å². The van der Waals surface area contributed by atoms with E-state index in [0.717, 1.165) is 61.2 Å². The SMILES string of the molecule is C=C(/N=c1/cccc[nH]1)c1ccc(N(c2ccc(C(=C)/N=c3/cccc[nH]3)cc2)c2ccc(-c3cnc4ccccc4c3)cc2)cc1. The molecule has 0 amide bonds. The van der Waals surface area contributed by atoms with Gasteiger partial charge in [-0.2, -0.15) is 0 Å². The summed E-state index contributed by atoms with van der Waals surface area (Å²) >= 11 is 0. The molecule has 7 aromatic rings. The van der Waals surface area contributed by atoms with Crippen molar-refractivity contribution in [2.75, 3.05) is 4.90 Å². The smallest absolute Gasteiger partial charge is 0.130 e. The van der Waals surface area contributed by atoms with E-state index in [1.54, 1.807) is 0 Å². The summed E-state index contributed by atoms with van der Waals surface area (Å²) in [5.41, 5.74) is 10.9. The van der Waals surface area contributed by atoms with Gasteiger partial charge in [-0.1, -0.05) is 79.9 Å². The molecule has 47 heavy (non-hydrogen) atoms. The first-order valence-corrected chi connectivity index (χ1v) is 15.3. The molecule has 0 aliphatic rings. The van der Waals surface area contributed by atoms with Gasteiger partial charge in [0.2, 0.25) is 0 Å². The minimum Gasteiger partial charge on any atom is -0.347 e. The highest BCUT2D eigenvalue weighted by Gasteiger charge is 2.14. The third-order valence-corrected chi connectivity index (χ3v) is 7.86. The first kappa shape index (κ1) is 29.2. The summed E-state index contributed by atoms with van der Waals surface area (Å²) in [5.74, 6) is 0. The summed E-state index contributed by atoms with van der Waals surface area (Å²) in [6, 6.07) is 47.1. The van der Waals surface area contributed by atoms with Crippen LogP contribution < -0.4 is 15.9 Å². The molecule has 2 N–H and O–H groups in total. The Bertz CT molecular complexity index is 2190. The van der Waals surface area contributed by atoms with Crippen molar-refractivity contribution >= 4 is 39.4 Å². The van der Waals surface area contributed by atoms with Crippen LogP contribution in [0.1, 0.15) is 11.1 Å². The van der Waals surface area contributed by atoms with Crippen molar-refractivity contribution in [1.29, 1.82) is 0 Å². The number of rotatable bonds is 8. The van der Waals surface area contributed by atoms with Crippen LogP contribution in [0.5, 0.6) is 0 Å². The molecule has 7 rings (SSSR count). The van der Waals surface area contributed by atoms with Crippen LogP contribution in [0.4, 0.5) is 17.1 Å². The van der Waals surface area contributed by atoms with Crippen molar-refractivity contribution in [3.05, 3.63) is 193 Å². The molecule has 6 heteroatoms. The molecule has 3 heterocycles. The number of fused-ring (bicyclic) bond motifs is 1. The Kier molecular flexibility index (Phi) is 8.21. The van der Waals surface area contributed by atoms with Crippen LogP contribution in [-0.4, -0.2) is 15.0 Å². The quantitative estimate of drug-likeness (QED) is 0.181. The molecule has 0 atom stereocenters. The Morgan fingerprint density at radius 1 is 0.532 bits per heavy atom. The van der Waals surface area contributed by atoms with Crippen LogP contribution in [0.25, 0.3) is 33.4 Å². The number of hydrogen-bond acceptors (Lipinski definition) is 4. The van der Waals surface area contributed by atoms with Gasteiger partial charge in [0.15, 0.2) is 0 Å². The summed E-state index contributed by atoms with van der Waals surface area (Å²) in [5, 5.41) is 1.12. The predicted octanol–water partition coefficient (Wildman–Crippen LogP) is 9.17. The van der Waals surface area contributed by atoms with Crippen LogP contribution in [0, 0.1) is 0 Å². The molecule has 0 aliphatic heterocycles. The fourth-order valence-electron chi connectivity index (χ4n) is 5.41. The second-order valence-corrected chi connectivity index (χ2v) is 11.0. The van der Waals surface area contributed by atoms with Crippen molar-refractivity contribution in [3.63, 3.8) is 0 Å². The second-order valence-electron chi connectivity index (χ2n) is 11.0. The number of H-pyrrole nitrogens is 2. The van der Waals surface area contributed by atoms with E-state index in [1.807, 2.05) is 73.2 Å². The minimum atomic E-state index is 0.682. The van der Waals surface area contributed by atoms with Gasteiger partial charge in [0.25, 0.3) is 0 Å². The van der Waals surface area contributed by atoms with Gasteiger partial charge in [-0.05, 0) is 89.5 Å². The number of nitrogens with zero attached hydrogens (tertiary/aromatic N) is 4. The lowest BCUT2D eigenvalue weighted by atomic mass is 10.0. The van der Waals surface area contributed by atoms with Gasteiger partial charge in [0.1, 0.15) is 11.0 Å². The Labute approximate surface area is 273 Å². The molecular weight excluding hydrogens is 576 g/mol. The van der Waals surface area contributed by atoms with E-state index >= 15 is 0 Å². The van der Waals surface area contributed by atoms with Gasteiger partial charge in [-0.25, -0.2) is 9.98 Å². The maximum atomic E-state index is 4.66. The third kappa shape index (κ3) is 6.62. The molecule has 0 saturated carbocycles. The van der Waals surface area contributed by atoms with Gasteiger partial charge in [-0.15, -0.1) is 0 Å². The molecule has 6 nitrogen and oxygen atoms in total. The molecular formula is C41H32N6. The number of pyridine rings is 3. The van der Waals surface area contributed by atoms with Gasteiger partial charge in [0, 0.05) is 46.6 Å². The lowest BCUT2D eigenvalue weighted by molar-refractivity contribution is 1.15. The Morgan fingerprint density at radius 2 is 1.02 bits per heavy atom. The van der Waals surface area contributed by atoms with Crippen molar-refractivity contribution in [1.82, 2.24) is 15.0 Å². The summed E-state index contributed by atoms with van der Waals surface area (Å²) in [7, 11) is 0. The van der Waals surface area contributed by atoms with Gasteiger partial charge >= 0.3 is 0 Å². The largest absolute Gasteiger partial charge is 0.347 e. The van der Waals surface area contributed by atoms with E-state index in [9.17, 15) is 0 Å². The maximum absolute atomic E-state index is 4.66. The lowest BCUT2D eigenvalue weighted by Crippen LogP contribution is -2.10. The molecule has 4 aromatic carbocycles. The maximum Gasteiger partial charge on any atom is 0.130 e. The molecule has 0 fully saturated rings. The number of anilines is 3. The van der Waals surface area contributed by atoms with Crippen LogP contribution in [0.3, 0.4) is 0 Å². The van der Waals surface area contributed by atoms with E-state index in [0.29, 0.717) is 11.4 Å². The highest BCUT2D eigenvalue weighted by Crippen LogP contribution is 2.37. The predicted molar refractivity (Wildman–Crippen MR) is 193 cm³/mol. The standard InChI is InChI=1S/C41H32N6/c1-29(45-40-11-5-7-25-42-40)31-13-19-36(20-14-31)47(37-21-15-32(16-22-37)30(2)46-41-12-6-8-26-43-41)38-23-17-33(18-24-38)35-27-34-9-3-4-10-39(34)44-28-35/h3-28H,1-2H2,(H,42,45)(H,43,46). The summed E-state index contributed by atoms with van der Waals surface area (Å²) in [6.07, 6.45) is 5.64.